The molecule has 2 fully saturated rings. The third kappa shape index (κ3) is 3.79. The Hall–Kier alpha value is -2.19. The van der Waals surface area contributed by atoms with Gasteiger partial charge in [-0.15, -0.1) is 0 Å². The number of fused-ring (bicyclic) bond motifs is 2. The van der Waals surface area contributed by atoms with E-state index in [0.29, 0.717) is 13.0 Å². The van der Waals surface area contributed by atoms with E-state index in [9.17, 15) is 19.5 Å². The smallest absolute Gasteiger partial charge is 0.312 e. The third-order valence-electron chi connectivity index (χ3n) is 7.94. The number of hydrogen-bond acceptors (Lipinski definition) is 6. The lowest BCUT2D eigenvalue weighted by Crippen LogP contribution is -2.61. The average molecular weight is 475 g/mol. The largest absolute Gasteiger partial charge is 0.465 e. The Morgan fingerprint density at radius 3 is 2.59 bits per heavy atom. The van der Waals surface area contributed by atoms with Gasteiger partial charge in [-0.05, 0) is 39.5 Å². The minimum Gasteiger partial charge on any atom is -0.465 e. The molecule has 0 aromatic heterocycles. The van der Waals surface area contributed by atoms with E-state index in [-0.39, 0.29) is 30.9 Å². The quantitative estimate of drug-likeness (QED) is 0.495. The van der Waals surface area contributed by atoms with Crippen molar-refractivity contribution in [2.24, 2.45) is 17.8 Å². The van der Waals surface area contributed by atoms with Gasteiger partial charge in [-0.1, -0.05) is 44.6 Å². The molecule has 8 heteroatoms. The van der Waals surface area contributed by atoms with E-state index < -0.39 is 47.1 Å². The molecule has 4 rings (SSSR count). The highest BCUT2D eigenvalue weighted by atomic mass is 16.6. The van der Waals surface area contributed by atoms with Crippen molar-refractivity contribution < 1.29 is 29.0 Å². The van der Waals surface area contributed by atoms with Crippen LogP contribution in [0.3, 0.4) is 0 Å². The molecule has 4 aliphatic rings. The van der Waals surface area contributed by atoms with E-state index in [4.69, 9.17) is 9.47 Å². The molecule has 0 aliphatic carbocycles. The number of allylic oxidation sites excluding steroid dienone is 1. The van der Waals surface area contributed by atoms with E-state index in [1.54, 1.807) is 4.90 Å². The lowest BCUT2D eigenvalue weighted by Gasteiger charge is -2.43. The maximum Gasteiger partial charge on any atom is 0.312 e. The summed E-state index contributed by atoms with van der Waals surface area (Å²) < 4.78 is 12.1. The SMILES string of the molecule is CC[C@H](C)[C@H](CO)N1C(=O)[C@@H]2[C@H]3C(=O)OCCC/C=C\[C@H]3O[C@@]23C=CCN(C(C)(C)C)C(=O)C13. The van der Waals surface area contributed by atoms with Crippen LogP contribution in [0.15, 0.2) is 24.3 Å². The Kier molecular flexibility index (Phi) is 6.68. The number of ether oxygens (including phenoxy) is 2. The number of aliphatic hydroxyl groups excluding tert-OH is 1. The highest BCUT2D eigenvalue weighted by molar-refractivity contribution is 5.99. The molecular weight excluding hydrogens is 436 g/mol. The van der Waals surface area contributed by atoms with E-state index in [0.717, 1.165) is 12.8 Å². The van der Waals surface area contributed by atoms with Gasteiger partial charge >= 0.3 is 5.97 Å². The monoisotopic (exact) mass is 474 g/mol. The second kappa shape index (κ2) is 9.11. The molecule has 4 heterocycles. The van der Waals surface area contributed by atoms with Crippen molar-refractivity contribution in [2.75, 3.05) is 19.8 Å². The summed E-state index contributed by atoms with van der Waals surface area (Å²) in [6.07, 6.45) is 9.05. The molecule has 1 unspecified atom stereocenters. The first-order valence-electron chi connectivity index (χ1n) is 12.5. The predicted molar refractivity (Wildman–Crippen MR) is 125 cm³/mol. The zero-order chi connectivity index (χ0) is 24.8. The van der Waals surface area contributed by atoms with Gasteiger partial charge in [0.25, 0.3) is 0 Å². The Labute approximate surface area is 201 Å². The molecule has 0 radical (unpaired) electrons. The number of hydrogen-bond donors (Lipinski definition) is 1. The van der Waals surface area contributed by atoms with Gasteiger partial charge in [-0.25, -0.2) is 0 Å². The Bertz CT molecular complexity index is 892. The van der Waals surface area contributed by atoms with Crippen molar-refractivity contribution in [3.05, 3.63) is 24.3 Å². The first kappa shape index (κ1) is 24.9. The Morgan fingerprint density at radius 1 is 1.21 bits per heavy atom. The van der Waals surface area contributed by atoms with Gasteiger partial charge in [0.05, 0.1) is 31.3 Å². The zero-order valence-corrected chi connectivity index (χ0v) is 20.9. The van der Waals surface area contributed by atoms with Crippen LogP contribution in [0.5, 0.6) is 0 Å². The summed E-state index contributed by atoms with van der Waals surface area (Å²) in [7, 11) is 0. The van der Waals surface area contributed by atoms with Crippen LogP contribution in [-0.2, 0) is 23.9 Å². The molecule has 0 aromatic rings. The van der Waals surface area contributed by atoms with Crippen LogP contribution in [0.4, 0.5) is 0 Å². The fourth-order valence-electron chi connectivity index (χ4n) is 5.97. The standard InChI is InChI=1S/C26H38N2O6/c1-6-16(2)17(15-29)28-21-23(31)27(25(3,4)5)13-10-12-26(21)20(22(28)30)19-18(34-26)11-8-7-9-14-33-24(19)32/h8,10-12,16-21,29H,6-7,9,13-15H2,1-5H3/b11-8-/t16-,17-,18+,19-,20-,21?,26-/m0/s1. The molecule has 1 spiro atoms. The fraction of sp³-hybridized carbons (Fsp3) is 0.731. The molecule has 2 amide bonds. The van der Waals surface area contributed by atoms with Crippen molar-refractivity contribution >= 4 is 17.8 Å². The van der Waals surface area contributed by atoms with Crippen molar-refractivity contribution in [3.8, 4) is 0 Å². The van der Waals surface area contributed by atoms with Crippen molar-refractivity contribution in [1.82, 2.24) is 9.80 Å². The summed E-state index contributed by atoms with van der Waals surface area (Å²) in [5.74, 6) is -2.79. The van der Waals surface area contributed by atoms with Gasteiger partial charge in [-0.3, -0.25) is 14.4 Å². The molecule has 0 bridgehead atoms. The van der Waals surface area contributed by atoms with Crippen LogP contribution < -0.4 is 0 Å². The van der Waals surface area contributed by atoms with Gasteiger partial charge in [0.2, 0.25) is 11.8 Å². The molecule has 7 atom stereocenters. The highest BCUT2D eigenvalue weighted by Crippen LogP contribution is 2.54. The molecular formula is C26H38N2O6. The second-order valence-corrected chi connectivity index (χ2v) is 11.0. The van der Waals surface area contributed by atoms with Crippen LogP contribution in [-0.4, -0.2) is 81.8 Å². The molecule has 188 valence electrons. The van der Waals surface area contributed by atoms with E-state index >= 15 is 0 Å². The number of carbonyl (C=O) groups is 3. The molecule has 4 aliphatic heterocycles. The predicted octanol–water partition coefficient (Wildman–Crippen LogP) is 2.06. The summed E-state index contributed by atoms with van der Waals surface area (Å²) in [5, 5.41) is 10.4. The normalized spacial score (nSPS) is 36.5. The van der Waals surface area contributed by atoms with E-state index in [2.05, 4.69) is 0 Å². The van der Waals surface area contributed by atoms with Crippen LogP contribution in [0.1, 0.15) is 53.9 Å². The number of esters is 1. The highest BCUT2D eigenvalue weighted by Gasteiger charge is 2.73. The molecule has 1 N–H and O–H groups in total. The maximum atomic E-state index is 14.2. The van der Waals surface area contributed by atoms with Crippen molar-refractivity contribution in [1.29, 1.82) is 0 Å². The topological polar surface area (TPSA) is 96.4 Å². The lowest BCUT2D eigenvalue weighted by atomic mass is 9.78. The zero-order valence-electron chi connectivity index (χ0n) is 20.9. The minimum atomic E-state index is -1.30. The summed E-state index contributed by atoms with van der Waals surface area (Å²) in [5.41, 5.74) is -1.78. The lowest BCUT2D eigenvalue weighted by molar-refractivity contribution is -0.158. The molecule has 0 saturated carbocycles. The first-order chi connectivity index (χ1) is 16.1. The fourth-order valence-corrected chi connectivity index (χ4v) is 5.97. The number of carbonyl (C=O) groups excluding carboxylic acids is 3. The van der Waals surface area contributed by atoms with Crippen LogP contribution in [0, 0.1) is 17.8 Å². The first-order valence-corrected chi connectivity index (χ1v) is 12.5. The summed E-state index contributed by atoms with van der Waals surface area (Å²) in [6.45, 7) is 10.2. The Morgan fingerprint density at radius 2 is 1.94 bits per heavy atom. The van der Waals surface area contributed by atoms with Gasteiger partial charge in [0, 0.05) is 12.1 Å². The van der Waals surface area contributed by atoms with Gasteiger partial charge < -0.3 is 24.4 Å². The summed E-state index contributed by atoms with van der Waals surface area (Å²) in [4.78, 5) is 44.8. The third-order valence-corrected chi connectivity index (χ3v) is 7.94. The van der Waals surface area contributed by atoms with Crippen LogP contribution in [0.2, 0.25) is 0 Å². The van der Waals surface area contributed by atoms with Gasteiger partial charge in [0.15, 0.2) is 0 Å². The number of cyclic esters (lactones) is 1. The second-order valence-electron chi connectivity index (χ2n) is 11.0. The molecule has 2 saturated heterocycles. The summed E-state index contributed by atoms with van der Waals surface area (Å²) >= 11 is 0. The molecule has 0 aromatic carbocycles. The number of likely N-dealkylation sites (tertiary alicyclic amines) is 1. The van der Waals surface area contributed by atoms with Crippen molar-refractivity contribution in [2.45, 2.75) is 83.2 Å². The molecule has 8 nitrogen and oxygen atoms in total. The Balaban J connectivity index is 1.89. The van der Waals surface area contributed by atoms with Gasteiger partial charge in [0.1, 0.15) is 17.6 Å². The van der Waals surface area contributed by atoms with E-state index in [1.807, 2.05) is 58.9 Å². The van der Waals surface area contributed by atoms with Crippen LogP contribution >= 0.6 is 0 Å². The van der Waals surface area contributed by atoms with E-state index in [1.165, 1.54) is 4.90 Å². The van der Waals surface area contributed by atoms with Crippen LogP contribution in [0.25, 0.3) is 0 Å². The van der Waals surface area contributed by atoms with Gasteiger partial charge in [-0.2, -0.15) is 0 Å². The maximum absolute atomic E-state index is 14.2. The summed E-state index contributed by atoms with van der Waals surface area (Å²) in [6, 6.07) is -1.53. The van der Waals surface area contributed by atoms with Crippen molar-refractivity contribution in [3.63, 3.8) is 0 Å². The number of aliphatic hydroxyl groups is 1. The minimum absolute atomic E-state index is 0.0453. The average Bonchev–Trinajstić information content (AvgIpc) is 3.18. The number of amides is 2. The number of rotatable bonds is 4. The number of nitrogens with zero attached hydrogens (tertiary/aromatic N) is 2. The molecule has 34 heavy (non-hydrogen) atoms.